The molecular formula is C9H15NO3S. The summed E-state index contributed by atoms with van der Waals surface area (Å²) in [7, 11) is 0. The Kier molecular flexibility index (Phi) is 3.80. The van der Waals surface area contributed by atoms with E-state index >= 15 is 0 Å². The first-order valence-corrected chi connectivity index (χ1v) is 5.90. The van der Waals surface area contributed by atoms with Gasteiger partial charge in [-0.2, -0.15) is 11.8 Å². The van der Waals surface area contributed by atoms with Crippen LogP contribution in [-0.2, 0) is 9.59 Å². The number of carboxylic acids is 1. The molecule has 0 aliphatic heterocycles. The van der Waals surface area contributed by atoms with Crippen LogP contribution in [0.15, 0.2) is 0 Å². The van der Waals surface area contributed by atoms with Crippen molar-refractivity contribution in [1.29, 1.82) is 0 Å². The fourth-order valence-electron chi connectivity index (χ4n) is 1.25. The lowest BCUT2D eigenvalue weighted by atomic mass is 10.3. The minimum absolute atomic E-state index is 0.0533. The number of aliphatic carboxylic acids is 1. The van der Waals surface area contributed by atoms with Crippen molar-refractivity contribution in [3.63, 3.8) is 0 Å². The molecule has 1 amide bonds. The van der Waals surface area contributed by atoms with Gasteiger partial charge in [-0.25, -0.2) is 0 Å². The van der Waals surface area contributed by atoms with Crippen molar-refractivity contribution in [1.82, 2.24) is 4.90 Å². The average molecular weight is 217 g/mol. The molecule has 4 nitrogen and oxygen atoms in total. The van der Waals surface area contributed by atoms with Gasteiger partial charge in [0.15, 0.2) is 0 Å². The summed E-state index contributed by atoms with van der Waals surface area (Å²) in [6, 6.07) is 0.174. The molecule has 80 valence electrons. The largest absolute Gasteiger partial charge is 0.480 e. The number of nitrogens with zero attached hydrogens (tertiary/aromatic N) is 1. The van der Waals surface area contributed by atoms with Crippen molar-refractivity contribution in [2.45, 2.75) is 31.1 Å². The fraction of sp³-hybridized carbons (Fsp3) is 0.778. The Morgan fingerprint density at radius 3 is 2.50 bits per heavy atom. The van der Waals surface area contributed by atoms with Gasteiger partial charge in [0.05, 0.1) is 5.25 Å². The number of hydrogen-bond donors (Lipinski definition) is 1. The normalized spacial score (nSPS) is 17.6. The lowest BCUT2D eigenvalue weighted by molar-refractivity contribution is -0.144. The predicted octanol–water partition coefficient (Wildman–Crippen LogP) is 0.813. The number of amides is 1. The lowest BCUT2D eigenvalue weighted by Gasteiger charge is -2.22. The summed E-state index contributed by atoms with van der Waals surface area (Å²) in [5.41, 5.74) is 0. The van der Waals surface area contributed by atoms with Crippen molar-refractivity contribution in [3.05, 3.63) is 0 Å². The van der Waals surface area contributed by atoms with E-state index in [1.807, 2.05) is 13.2 Å². The molecule has 1 fully saturated rings. The summed E-state index contributed by atoms with van der Waals surface area (Å²) in [6.45, 7) is 1.65. The van der Waals surface area contributed by atoms with Crippen LogP contribution in [0.25, 0.3) is 0 Å². The Bertz CT molecular complexity index is 240. The summed E-state index contributed by atoms with van der Waals surface area (Å²) in [5, 5.41) is 8.52. The summed E-state index contributed by atoms with van der Waals surface area (Å²) in [6.07, 6.45) is 3.74. The van der Waals surface area contributed by atoms with E-state index < -0.39 is 5.97 Å². The van der Waals surface area contributed by atoms with Gasteiger partial charge in [0.2, 0.25) is 5.91 Å². The predicted molar refractivity (Wildman–Crippen MR) is 55.3 cm³/mol. The second-order valence-corrected chi connectivity index (χ2v) is 4.65. The number of carboxylic acid groups (broad SMARTS) is 1. The van der Waals surface area contributed by atoms with Crippen LogP contribution >= 0.6 is 11.8 Å². The van der Waals surface area contributed by atoms with E-state index in [4.69, 9.17) is 5.11 Å². The highest BCUT2D eigenvalue weighted by molar-refractivity contribution is 7.99. The molecule has 0 aromatic heterocycles. The Labute approximate surface area is 87.7 Å². The van der Waals surface area contributed by atoms with Gasteiger partial charge in [0.1, 0.15) is 6.54 Å². The first kappa shape index (κ1) is 11.4. The zero-order valence-electron chi connectivity index (χ0n) is 8.40. The Morgan fingerprint density at radius 1 is 1.57 bits per heavy atom. The molecule has 5 heteroatoms. The summed E-state index contributed by atoms with van der Waals surface area (Å²) >= 11 is 1.45. The molecule has 1 N–H and O–H groups in total. The average Bonchev–Trinajstić information content (AvgIpc) is 2.94. The number of rotatable bonds is 5. The van der Waals surface area contributed by atoms with Gasteiger partial charge in [0, 0.05) is 6.04 Å². The van der Waals surface area contributed by atoms with E-state index in [-0.39, 0.29) is 23.7 Å². The van der Waals surface area contributed by atoms with Gasteiger partial charge in [-0.05, 0) is 26.0 Å². The zero-order chi connectivity index (χ0) is 10.7. The van der Waals surface area contributed by atoms with E-state index in [2.05, 4.69) is 0 Å². The number of carbonyl (C=O) groups excluding carboxylic acids is 1. The van der Waals surface area contributed by atoms with Gasteiger partial charge in [-0.1, -0.05) is 0 Å². The highest BCUT2D eigenvalue weighted by atomic mass is 32.2. The maximum absolute atomic E-state index is 11.7. The summed E-state index contributed by atoms with van der Waals surface area (Å²) in [4.78, 5) is 23.8. The zero-order valence-corrected chi connectivity index (χ0v) is 9.21. The number of thioether (sulfide) groups is 1. The quantitative estimate of drug-likeness (QED) is 0.740. The third kappa shape index (κ3) is 2.90. The second kappa shape index (κ2) is 4.68. The van der Waals surface area contributed by atoms with Crippen LogP contribution in [0.4, 0.5) is 0 Å². The first-order chi connectivity index (χ1) is 6.56. The minimum Gasteiger partial charge on any atom is -0.480 e. The highest BCUT2D eigenvalue weighted by Gasteiger charge is 2.35. The monoisotopic (exact) mass is 217 g/mol. The Hall–Kier alpha value is -0.710. The van der Waals surface area contributed by atoms with Crippen LogP contribution in [-0.4, -0.2) is 46.0 Å². The van der Waals surface area contributed by atoms with Crippen molar-refractivity contribution >= 4 is 23.6 Å². The molecule has 1 rings (SSSR count). The smallest absolute Gasteiger partial charge is 0.323 e. The van der Waals surface area contributed by atoms with E-state index in [1.165, 1.54) is 16.7 Å². The van der Waals surface area contributed by atoms with Gasteiger partial charge in [-0.3, -0.25) is 9.59 Å². The molecule has 14 heavy (non-hydrogen) atoms. The van der Waals surface area contributed by atoms with E-state index in [0.717, 1.165) is 12.8 Å². The van der Waals surface area contributed by atoms with Crippen LogP contribution < -0.4 is 0 Å². The van der Waals surface area contributed by atoms with E-state index in [0.29, 0.717) is 0 Å². The standard InChI is InChI=1S/C9H15NO3S/c1-6(14-2)9(13)10(5-8(11)12)7-3-4-7/h6-7H,3-5H2,1-2H3,(H,11,12). The molecule has 1 unspecified atom stereocenters. The molecule has 0 spiro atoms. The van der Waals surface area contributed by atoms with Gasteiger partial charge < -0.3 is 10.0 Å². The Morgan fingerprint density at radius 2 is 2.14 bits per heavy atom. The third-order valence-corrected chi connectivity index (χ3v) is 3.19. The lowest BCUT2D eigenvalue weighted by Crippen LogP contribution is -2.41. The van der Waals surface area contributed by atoms with Gasteiger partial charge in [0.25, 0.3) is 0 Å². The highest BCUT2D eigenvalue weighted by Crippen LogP contribution is 2.28. The number of hydrogen-bond acceptors (Lipinski definition) is 3. The van der Waals surface area contributed by atoms with E-state index in [1.54, 1.807) is 0 Å². The molecule has 0 aromatic rings. The molecule has 0 aromatic carbocycles. The summed E-state index contributed by atoms with van der Waals surface area (Å²) < 4.78 is 0. The molecule has 1 aliphatic rings. The Balaban J connectivity index is 2.57. The second-order valence-electron chi connectivity index (χ2n) is 3.47. The molecule has 0 radical (unpaired) electrons. The first-order valence-electron chi connectivity index (χ1n) is 4.61. The topological polar surface area (TPSA) is 57.6 Å². The van der Waals surface area contributed by atoms with Crippen LogP contribution in [0.5, 0.6) is 0 Å². The SMILES string of the molecule is CSC(C)C(=O)N(CC(=O)O)C1CC1. The summed E-state index contributed by atoms with van der Waals surface area (Å²) in [5.74, 6) is -0.985. The maximum atomic E-state index is 11.7. The molecule has 0 saturated heterocycles. The number of carbonyl (C=O) groups is 2. The molecule has 0 heterocycles. The van der Waals surface area contributed by atoms with Gasteiger partial charge in [-0.15, -0.1) is 0 Å². The van der Waals surface area contributed by atoms with Crippen molar-refractivity contribution in [2.75, 3.05) is 12.8 Å². The maximum Gasteiger partial charge on any atom is 0.323 e. The van der Waals surface area contributed by atoms with Crippen molar-refractivity contribution < 1.29 is 14.7 Å². The van der Waals surface area contributed by atoms with E-state index in [9.17, 15) is 9.59 Å². The van der Waals surface area contributed by atoms with Crippen LogP contribution in [0, 0.1) is 0 Å². The molecular weight excluding hydrogens is 202 g/mol. The van der Waals surface area contributed by atoms with Crippen LogP contribution in [0.1, 0.15) is 19.8 Å². The minimum atomic E-state index is -0.932. The molecule has 1 atom stereocenters. The van der Waals surface area contributed by atoms with Crippen LogP contribution in [0.3, 0.4) is 0 Å². The van der Waals surface area contributed by atoms with Crippen molar-refractivity contribution in [2.24, 2.45) is 0 Å². The molecule has 0 bridgehead atoms. The molecule has 1 saturated carbocycles. The van der Waals surface area contributed by atoms with Crippen LogP contribution in [0.2, 0.25) is 0 Å². The van der Waals surface area contributed by atoms with Gasteiger partial charge >= 0.3 is 5.97 Å². The fourth-order valence-corrected chi connectivity index (χ4v) is 1.59. The van der Waals surface area contributed by atoms with Crippen molar-refractivity contribution in [3.8, 4) is 0 Å². The third-order valence-electron chi connectivity index (χ3n) is 2.28. The molecule has 1 aliphatic carbocycles.